The molecule has 1 atom stereocenters. The van der Waals surface area contributed by atoms with Gasteiger partial charge >= 0.3 is 6.09 Å². The van der Waals surface area contributed by atoms with Crippen molar-refractivity contribution in [1.29, 1.82) is 0 Å². The van der Waals surface area contributed by atoms with Crippen molar-refractivity contribution >= 4 is 12.4 Å². The smallest absolute Gasteiger partial charge is 0.405 e. The van der Waals surface area contributed by atoms with Gasteiger partial charge in [0.15, 0.2) is 0 Å². The molecule has 5 nitrogen and oxygen atoms in total. The third-order valence-corrected chi connectivity index (χ3v) is 1.63. The highest BCUT2D eigenvalue weighted by molar-refractivity contribution is 5.71. The zero-order valence-electron chi connectivity index (χ0n) is 7.38. The number of carboxylic acid groups (broad SMARTS) is 1. The standard InChI is InChI=1S/C9H10N2O3/c12-6-8(11-9(13)14)5-7-3-1-2-4-10-7/h1-4,6,8,11H,5H2,(H,13,14). The van der Waals surface area contributed by atoms with Crippen molar-refractivity contribution in [3.63, 3.8) is 0 Å². The first-order valence-corrected chi connectivity index (χ1v) is 4.07. The van der Waals surface area contributed by atoms with E-state index in [1.165, 1.54) is 0 Å². The van der Waals surface area contributed by atoms with Gasteiger partial charge in [-0.1, -0.05) is 6.07 Å². The second-order valence-corrected chi connectivity index (χ2v) is 2.72. The van der Waals surface area contributed by atoms with Gasteiger partial charge in [-0.25, -0.2) is 4.79 Å². The lowest BCUT2D eigenvalue weighted by atomic mass is 10.1. The molecule has 0 saturated heterocycles. The molecule has 14 heavy (non-hydrogen) atoms. The van der Waals surface area contributed by atoms with E-state index in [0.29, 0.717) is 12.0 Å². The Morgan fingerprint density at radius 3 is 2.93 bits per heavy atom. The monoisotopic (exact) mass is 194 g/mol. The number of carbonyl (C=O) groups excluding carboxylic acids is 1. The van der Waals surface area contributed by atoms with Crippen LogP contribution in [-0.4, -0.2) is 28.5 Å². The summed E-state index contributed by atoms with van der Waals surface area (Å²) in [6.07, 6.45) is 1.22. The van der Waals surface area contributed by atoms with Crippen LogP contribution in [-0.2, 0) is 11.2 Å². The minimum absolute atomic E-state index is 0.274. The Morgan fingerprint density at radius 1 is 1.64 bits per heavy atom. The summed E-state index contributed by atoms with van der Waals surface area (Å²) < 4.78 is 0. The molecule has 2 N–H and O–H groups in total. The quantitative estimate of drug-likeness (QED) is 0.682. The van der Waals surface area contributed by atoms with Crippen molar-refractivity contribution in [2.75, 3.05) is 0 Å². The Bertz CT molecular complexity index is 313. The summed E-state index contributed by atoms with van der Waals surface area (Å²) in [5.74, 6) is 0. The van der Waals surface area contributed by atoms with Crippen molar-refractivity contribution in [2.24, 2.45) is 0 Å². The van der Waals surface area contributed by atoms with E-state index in [0.717, 1.165) is 0 Å². The maximum atomic E-state index is 10.5. The maximum Gasteiger partial charge on any atom is 0.405 e. The number of nitrogens with zero attached hydrogens (tertiary/aromatic N) is 1. The Morgan fingerprint density at radius 2 is 2.43 bits per heavy atom. The molecule has 0 fully saturated rings. The van der Waals surface area contributed by atoms with Crippen LogP contribution in [0.4, 0.5) is 4.79 Å². The minimum atomic E-state index is -1.21. The van der Waals surface area contributed by atoms with Crippen molar-refractivity contribution in [2.45, 2.75) is 12.5 Å². The molecule has 1 heterocycles. The zero-order chi connectivity index (χ0) is 10.4. The number of pyridine rings is 1. The second-order valence-electron chi connectivity index (χ2n) is 2.72. The summed E-state index contributed by atoms with van der Waals surface area (Å²) in [5, 5.41) is 10.5. The maximum absolute atomic E-state index is 10.5. The van der Waals surface area contributed by atoms with Gasteiger partial charge < -0.3 is 15.2 Å². The molecule has 0 bridgehead atoms. The predicted octanol–water partition coefficient (Wildman–Crippen LogP) is 0.459. The number of aromatic nitrogens is 1. The molecular formula is C9H10N2O3. The Labute approximate surface area is 80.8 Å². The van der Waals surface area contributed by atoms with Gasteiger partial charge in [0.05, 0.1) is 6.04 Å². The van der Waals surface area contributed by atoms with Crippen LogP contribution in [0.25, 0.3) is 0 Å². The van der Waals surface area contributed by atoms with Gasteiger partial charge in [-0.2, -0.15) is 0 Å². The molecule has 1 rings (SSSR count). The number of rotatable bonds is 4. The Balaban J connectivity index is 2.57. The summed E-state index contributed by atoms with van der Waals surface area (Å²) >= 11 is 0. The molecule has 74 valence electrons. The molecule has 1 amide bonds. The Hall–Kier alpha value is -1.91. The van der Waals surface area contributed by atoms with Crippen LogP contribution in [0.15, 0.2) is 24.4 Å². The number of aldehydes is 1. The lowest BCUT2D eigenvalue weighted by molar-refractivity contribution is -0.109. The highest BCUT2D eigenvalue weighted by atomic mass is 16.4. The van der Waals surface area contributed by atoms with Crippen molar-refractivity contribution in [3.05, 3.63) is 30.1 Å². The SMILES string of the molecule is O=CC(Cc1ccccn1)NC(=O)O. The van der Waals surface area contributed by atoms with Crippen LogP contribution in [0, 0.1) is 0 Å². The third kappa shape index (κ3) is 3.22. The molecule has 0 aliphatic heterocycles. The van der Waals surface area contributed by atoms with Crippen LogP contribution in [0.5, 0.6) is 0 Å². The normalized spacial score (nSPS) is 11.7. The van der Waals surface area contributed by atoms with Gasteiger partial charge in [0.2, 0.25) is 0 Å². The second kappa shape index (κ2) is 4.96. The largest absolute Gasteiger partial charge is 0.465 e. The molecule has 0 radical (unpaired) electrons. The first-order chi connectivity index (χ1) is 6.72. The highest BCUT2D eigenvalue weighted by Gasteiger charge is 2.10. The molecular weight excluding hydrogens is 184 g/mol. The highest BCUT2D eigenvalue weighted by Crippen LogP contribution is 1.97. The molecule has 5 heteroatoms. The minimum Gasteiger partial charge on any atom is -0.465 e. The lowest BCUT2D eigenvalue weighted by Gasteiger charge is -2.08. The fraction of sp³-hybridized carbons (Fsp3) is 0.222. The van der Waals surface area contributed by atoms with Crippen LogP contribution >= 0.6 is 0 Å². The molecule has 0 aromatic carbocycles. The average Bonchev–Trinajstić information content (AvgIpc) is 2.17. The molecule has 1 aromatic rings. The number of carbonyl (C=O) groups is 2. The van der Waals surface area contributed by atoms with Gasteiger partial charge in [0.25, 0.3) is 0 Å². The average molecular weight is 194 g/mol. The summed E-state index contributed by atoms with van der Waals surface area (Å²) in [6, 6.07) is 4.54. The van der Waals surface area contributed by atoms with Crippen molar-refractivity contribution < 1.29 is 14.7 Å². The topological polar surface area (TPSA) is 79.3 Å². The van der Waals surface area contributed by atoms with E-state index >= 15 is 0 Å². The van der Waals surface area contributed by atoms with Crippen molar-refractivity contribution in [1.82, 2.24) is 10.3 Å². The summed E-state index contributed by atoms with van der Waals surface area (Å²) in [6.45, 7) is 0. The van der Waals surface area contributed by atoms with Crippen LogP contribution in [0.3, 0.4) is 0 Å². The van der Waals surface area contributed by atoms with E-state index in [1.54, 1.807) is 24.4 Å². The number of amides is 1. The van der Waals surface area contributed by atoms with E-state index in [9.17, 15) is 9.59 Å². The molecule has 0 spiro atoms. The fourth-order valence-electron chi connectivity index (χ4n) is 1.04. The van der Waals surface area contributed by atoms with Crippen molar-refractivity contribution in [3.8, 4) is 0 Å². The van der Waals surface area contributed by atoms with Gasteiger partial charge in [0, 0.05) is 18.3 Å². The predicted molar refractivity (Wildman–Crippen MR) is 49.0 cm³/mol. The van der Waals surface area contributed by atoms with Gasteiger partial charge in [0.1, 0.15) is 6.29 Å². The number of nitrogens with one attached hydrogen (secondary N) is 1. The molecule has 1 aromatic heterocycles. The van der Waals surface area contributed by atoms with E-state index in [1.807, 2.05) is 0 Å². The number of hydrogen-bond donors (Lipinski definition) is 2. The van der Waals surface area contributed by atoms with Gasteiger partial charge in [-0.05, 0) is 12.1 Å². The summed E-state index contributed by atoms with van der Waals surface area (Å²) in [4.78, 5) is 24.7. The first-order valence-electron chi connectivity index (χ1n) is 4.07. The van der Waals surface area contributed by atoms with E-state index in [-0.39, 0.29) is 6.42 Å². The third-order valence-electron chi connectivity index (χ3n) is 1.63. The lowest BCUT2D eigenvalue weighted by Crippen LogP contribution is -2.36. The van der Waals surface area contributed by atoms with E-state index < -0.39 is 12.1 Å². The number of hydrogen-bond acceptors (Lipinski definition) is 3. The van der Waals surface area contributed by atoms with Gasteiger partial charge in [-0.3, -0.25) is 4.98 Å². The van der Waals surface area contributed by atoms with Gasteiger partial charge in [-0.15, -0.1) is 0 Å². The summed E-state index contributed by atoms with van der Waals surface area (Å²) in [5.41, 5.74) is 0.679. The van der Waals surface area contributed by atoms with Crippen LogP contribution in [0.1, 0.15) is 5.69 Å². The van der Waals surface area contributed by atoms with Crippen LogP contribution < -0.4 is 5.32 Å². The van der Waals surface area contributed by atoms with Crippen LogP contribution in [0.2, 0.25) is 0 Å². The zero-order valence-corrected chi connectivity index (χ0v) is 7.38. The van der Waals surface area contributed by atoms with E-state index in [4.69, 9.17) is 5.11 Å². The molecule has 1 unspecified atom stereocenters. The van der Waals surface area contributed by atoms with E-state index in [2.05, 4.69) is 10.3 Å². The molecule has 0 aliphatic rings. The Kier molecular flexibility index (Phi) is 3.60. The molecule has 0 saturated carbocycles. The first kappa shape index (κ1) is 10.2. The molecule has 0 aliphatic carbocycles. The summed E-state index contributed by atoms with van der Waals surface area (Å²) in [7, 11) is 0. The fourth-order valence-corrected chi connectivity index (χ4v) is 1.04.